The number of fused-ring (bicyclic) bond motifs is 1. The molecular weight excluding hydrogens is 292 g/mol. The fourth-order valence-corrected chi connectivity index (χ4v) is 4.15. The van der Waals surface area contributed by atoms with E-state index >= 15 is 0 Å². The van der Waals surface area contributed by atoms with Crippen molar-refractivity contribution in [3.05, 3.63) is 0 Å². The molecule has 0 aromatic carbocycles. The summed E-state index contributed by atoms with van der Waals surface area (Å²) >= 11 is 0. The molecule has 0 aromatic rings. The highest BCUT2D eigenvalue weighted by atomic mass is 16.5. The Morgan fingerprint density at radius 3 is 2.87 bits per heavy atom. The van der Waals surface area contributed by atoms with Gasteiger partial charge >= 0.3 is 6.03 Å². The van der Waals surface area contributed by atoms with Crippen molar-refractivity contribution >= 4 is 6.03 Å². The number of likely N-dealkylation sites (N-methyl/N-ethyl adjacent to an activating group) is 1. The van der Waals surface area contributed by atoms with E-state index in [1.807, 2.05) is 0 Å². The van der Waals surface area contributed by atoms with Gasteiger partial charge < -0.3 is 20.3 Å². The highest BCUT2D eigenvalue weighted by Crippen LogP contribution is 2.22. The molecule has 6 nitrogen and oxygen atoms in total. The standard InChI is InChI=1S/C17H32N4O2/c1-20(14-5-2-3-6-14)10-8-18-17(22)19-11-16-12-21-9-4-7-15(21)13-23-16/h14-16H,2-13H2,1H3,(H2,18,19,22)/t15-,16+/m0/s1. The van der Waals surface area contributed by atoms with Crippen LogP contribution in [-0.4, -0.2) is 80.4 Å². The van der Waals surface area contributed by atoms with Crippen molar-refractivity contribution in [3.8, 4) is 0 Å². The average Bonchev–Trinajstić information content (AvgIpc) is 3.23. The van der Waals surface area contributed by atoms with Crippen LogP contribution in [0, 0.1) is 0 Å². The van der Waals surface area contributed by atoms with Crippen molar-refractivity contribution < 1.29 is 9.53 Å². The largest absolute Gasteiger partial charge is 0.373 e. The Morgan fingerprint density at radius 1 is 1.22 bits per heavy atom. The fraction of sp³-hybridized carbons (Fsp3) is 0.941. The molecule has 3 rings (SSSR count). The zero-order valence-electron chi connectivity index (χ0n) is 14.4. The van der Waals surface area contributed by atoms with Crippen LogP contribution in [0.15, 0.2) is 0 Å². The van der Waals surface area contributed by atoms with Crippen LogP contribution in [0.5, 0.6) is 0 Å². The number of ether oxygens (including phenoxy) is 1. The summed E-state index contributed by atoms with van der Waals surface area (Å²) in [6.45, 7) is 5.19. The van der Waals surface area contributed by atoms with Gasteiger partial charge in [-0.1, -0.05) is 12.8 Å². The van der Waals surface area contributed by atoms with Crippen LogP contribution in [0.25, 0.3) is 0 Å². The van der Waals surface area contributed by atoms with Crippen molar-refractivity contribution in [1.82, 2.24) is 20.4 Å². The van der Waals surface area contributed by atoms with Gasteiger partial charge in [0, 0.05) is 38.3 Å². The lowest BCUT2D eigenvalue weighted by molar-refractivity contribution is -0.0457. The topological polar surface area (TPSA) is 56.8 Å². The summed E-state index contributed by atoms with van der Waals surface area (Å²) in [5.74, 6) is 0. The smallest absolute Gasteiger partial charge is 0.314 e. The van der Waals surface area contributed by atoms with E-state index in [2.05, 4.69) is 27.5 Å². The Labute approximate surface area is 139 Å². The third kappa shape index (κ3) is 4.81. The molecule has 2 aliphatic heterocycles. The molecule has 0 unspecified atom stereocenters. The predicted molar refractivity (Wildman–Crippen MR) is 90.6 cm³/mol. The van der Waals surface area contributed by atoms with Gasteiger partial charge in [0.1, 0.15) is 0 Å². The normalized spacial score (nSPS) is 29.0. The highest BCUT2D eigenvalue weighted by Gasteiger charge is 2.32. The Morgan fingerprint density at radius 2 is 2.04 bits per heavy atom. The first-order valence-corrected chi connectivity index (χ1v) is 9.30. The molecule has 132 valence electrons. The Bertz CT molecular complexity index is 387. The van der Waals surface area contributed by atoms with Crippen molar-refractivity contribution in [2.24, 2.45) is 0 Å². The minimum atomic E-state index is -0.0723. The maximum atomic E-state index is 11.9. The second-order valence-corrected chi connectivity index (χ2v) is 7.30. The quantitative estimate of drug-likeness (QED) is 0.766. The molecule has 6 heteroatoms. The SMILES string of the molecule is CN(CCNC(=O)NC[C@@H]1CN2CCC[C@H]2CO1)C1CCCC1. The molecule has 0 spiro atoms. The lowest BCUT2D eigenvalue weighted by atomic mass is 10.2. The van der Waals surface area contributed by atoms with Gasteiger partial charge in [-0.25, -0.2) is 4.79 Å². The van der Waals surface area contributed by atoms with Crippen molar-refractivity contribution in [1.29, 1.82) is 0 Å². The summed E-state index contributed by atoms with van der Waals surface area (Å²) in [7, 11) is 2.16. The van der Waals surface area contributed by atoms with Crippen LogP contribution in [0.3, 0.4) is 0 Å². The number of carbonyl (C=O) groups is 1. The van der Waals surface area contributed by atoms with E-state index < -0.39 is 0 Å². The molecule has 0 bridgehead atoms. The Balaban J connectivity index is 1.26. The Hall–Kier alpha value is -0.850. The summed E-state index contributed by atoms with van der Waals surface area (Å²) < 4.78 is 5.86. The van der Waals surface area contributed by atoms with E-state index in [1.54, 1.807) is 0 Å². The van der Waals surface area contributed by atoms with E-state index in [9.17, 15) is 4.79 Å². The van der Waals surface area contributed by atoms with Crippen molar-refractivity contribution in [3.63, 3.8) is 0 Å². The molecule has 2 heterocycles. The summed E-state index contributed by atoms with van der Waals surface area (Å²) in [5.41, 5.74) is 0. The average molecular weight is 324 g/mol. The molecule has 1 saturated carbocycles. The zero-order chi connectivity index (χ0) is 16.1. The van der Waals surface area contributed by atoms with Gasteiger partial charge in [-0.05, 0) is 39.3 Å². The van der Waals surface area contributed by atoms with Gasteiger partial charge in [-0.2, -0.15) is 0 Å². The molecule has 0 aromatic heterocycles. The number of hydrogen-bond donors (Lipinski definition) is 2. The molecule has 3 fully saturated rings. The fourth-order valence-electron chi connectivity index (χ4n) is 4.15. The number of amides is 2. The minimum absolute atomic E-state index is 0.0723. The molecule has 2 amide bonds. The number of urea groups is 1. The first kappa shape index (κ1) is 17.0. The minimum Gasteiger partial charge on any atom is -0.373 e. The maximum absolute atomic E-state index is 11.9. The molecule has 0 radical (unpaired) electrons. The van der Waals surface area contributed by atoms with Crippen LogP contribution in [-0.2, 0) is 4.74 Å². The second kappa shape index (κ2) is 8.31. The molecular formula is C17H32N4O2. The zero-order valence-corrected chi connectivity index (χ0v) is 14.4. The highest BCUT2D eigenvalue weighted by molar-refractivity contribution is 5.73. The van der Waals surface area contributed by atoms with Crippen LogP contribution in [0.4, 0.5) is 4.79 Å². The van der Waals surface area contributed by atoms with Gasteiger partial charge in [-0.3, -0.25) is 4.90 Å². The van der Waals surface area contributed by atoms with Crippen LogP contribution < -0.4 is 10.6 Å². The summed E-state index contributed by atoms with van der Waals surface area (Å²) in [6, 6.07) is 1.26. The predicted octanol–water partition coefficient (Wildman–Crippen LogP) is 1.02. The van der Waals surface area contributed by atoms with Gasteiger partial charge in [0.15, 0.2) is 0 Å². The monoisotopic (exact) mass is 324 g/mol. The number of nitrogens with one attached hydrogen (secondary N) is 2. The number of hydrogen-bond acceptors (Lipinski definition) is 4. The maximum Gasteiger partial charge on any atom is 0.314 e. The third-order valence-electron chi connectivity index (χ3n) is 5.65. The summed E-state index contributed by atoms with van der Waals surface area (Å²) in [4.78, 5) is 16.8. The molecule has 2 saturated heterocycles. The molecule has 2 N–H and O–H groups in total. The summed E-state index contributed by atoms with van der Waals surface area (Å²) in [5, 5.41) is 5.92. The number of nitrogens with zero attached hydrogens (tertiary/aromatic N) is 2. The summed E-state index contributed by atoms with van der Waals surface area (Å²) in [6.07, 6.45) is 7.98. The number of carbonyl (C=O) groups excluding carboxylic acids is 1. The van der Waals surface area contributed by atoms with Gasteiger partial charge in [0.25, 0.3) is 0 Å². The van der Waals surface area contributed by atoms with Gasteiger partial charge in [0.05, 0.1) is 12.7 Å². The second-order valence-electron chi connectivity index (χ2n) is 7.30. The van der Waals surface area contributed by atoms with E-state index in [0.717, 1.165) is 19.7 Å². The molecule has 2 atom stereocenters. The Kier molecular flexibility index (Phi) is 6.14. The third-order valence-corrected chi connectivity index (χ3v) is 5.65. The lowest BCUT2D eigenvalue weighted by Crippen LogP contribution is -2.51. The van der Waals surface area contributed by atoms with Gasteiger partial charge in [0.2, 0.25) is 0 Å². The molecule has 1 aliphatic carbocycles. The van der Waals surface area contributed by atoms with Crippen LogP contribution in [0.2, 0.25) is 0 Å². The van der Waals surface area contributed by atoms with Gasteiger partial charge in [-0.15, -0.1) is 0 Å². The lowest BCUT2D eigenvalue weighted by Gasteiger charge is -2.35. The number of rotatable bonds is 6. The van der Waals surface area contributed by atoms with Crippen molar-refractivity contribution in [2.45, 2.75) is 56.7 Å². The van der Waals surface area contributed by atoms with E-state index in [4.69, 9.17) is 4.74 Å². The van der Waals surface area contributed by atoms with E-state index in [1.165, 1.54) is 45.1 Å². The van der Waals surface area contributed by atoms with E-state index in [0.29, 0.717) is 25.2 Å². The van der Waals surface area contributed by atoms with Crippen LogP contribution in [0.1, 0.15) is 38.5 Å². The van der Waals surface area contributed by atoms with Crippen molar-refractivity contribution in [2.75, 3.05) is 46.4 Å². The molecule has 23 heavy (non-hydrogen) atoms. The van der Waals surface area contributed by atoms with Crippen LogP contribution >= 0.6 is 0 Å². The van der Waals surface area contributed by atoms with E-state index in [-0.39, 0.29) is 12.1 Å². The molecule has 3 aliphatic rings. The number of morpholine rings is 1. The first-order valence-electron chi connectivity index (χ1n) is 9.30. The first-order chi connectivity index (χ1) is 11.2.